The highest BCUT2D eigenvalue weighted by atomic mass is 127. The average molecular weight is 508 g/mol. The van der Waals surface area contributed by atoms with Crippen LogP contribution in [0.4, 0.5) is 0 Å². The van der Waals surface area contributed by atoms with Crippen molar-refractivity contribution in [1.29, 1.82) is 0 Å². The fraction of sp³-hybridized carbons (Fsp3) is 0.522. The number of rotatable bonds is 7. The zero-order valence-corrected chi connectivity index (χ0v) is 19.5. The van der Waals surface area contributed by atoms with Gasteiger partial charge in [-0.25, -0.2) is 0 Å². The van der Waals surface area contributed by atoms with Crippen LogP contribution in [-0.4, -0.2) is 61.1 Å². The molecule has 1 atom stereocenters. The molecule has 2 aliphatic heterocycles. The topological polar surface area (TPSA) is 44.0 Å². The summed E-state index contributed by atoms with van der Waals surface area (Å²) >= 11 is 0. The van der Waals surface area contributed by atoms with E-state index in [-0.39, 0.29) is 24.0 Å². The zero-order chi connectivity index (χ0) is 19.0. The fourth-order valence-electron chi connectivity index (χ4n) is 4.30. The SMILES string of the molecule is I.c1ccc(CCNC(=NCCc2ccco2)N2CCC(N3CCCC3)C2)cc1. The highest BCUT2D eigenvalue weighted by Crippen LogP contribution is 2.20. The first-order valence-electron chi connectivity index (χ1n) is 10.7. The largest absolute Gasteiger partial charge is 0.469 e. The number of nitrogens with zero attached hydrogens (tertiary/aromatic N) is 3. The molecule has 29 heavy (non-hydrogen) atoms. The van der Waals surface area contributed by atoms with E-state index in [4.69, 9.17) is 9.41 Å². The summed E-state index contributed by atoms with van der Waals surface area (Å²) in [6.07, 6.45) is 7.56. The Labute approximate surface area is 191 Å². The maximum absolute atomic E-state index is 5.45. The van der Waals surface area contributed by atoms with Gasteiger partial charge >= 0.3 is 0 Å². The maximum atomic E-state index is 5.45. The van der Waals surface area contributed by atoms with Gasteiger partial charge in [0, 0.05) is 38.6 Å². The summed E-state index contributed by atoms with van der Waals surface area (Å²) in [5, 5.41) is 3.63. The molecule has 3 heterocycles. The number of nitrogens with one attached hydrogen (secondary N) is 1. The number of likely N-dealkylation sites (tertiary alicyclic amines) is 2. The van der Waals surface area contributed by atoms with Crippen molar-refractivity contribution in [2.45, 2.75) is 38.1 Å². The van der Waals surface area contributed by atoms with Crippen molar-refractivity contribution in [3.8, 4) is 0 Å². The molecule has 1 aromatic heterocycles. The van der Waals surface area contributed by atoms with Gasteiger partial charge in [0.25, 0.3) is 0 Å². The minimum atomic E-state index is 0. The van der Waals surface area contributed by atoms with Crippen LogP contribution in [0.1, 0.15) is 30.6 Å². The second-order valence-electron chi connectivity index (χ2n) is 7.83. The Balaban J connectivity index is 0.00000240. The molecule has 0 aliphatic carbocycles. The highest BCUT2D eigenvalue weighted by Gasteiger charge is 2.30. The summed E-state index contributed by atoms with van der Waals surface area (Å²) in [7, 11) is 0. The molecule has 6 heteroatoms. The number of hydrogen-bond donors (Lipinski definition) is 1. The normalized spacial score (nSPS) is 20.1. The Hall–Kier alpha value is -1.54. The van der Waals surface area contributed by atoms with E-state index in [0.717, 1.165) is 50.7 Å². The van der Waals surface area contributed by atoms with Crippen LogP contribution in [0.25, 0.3) is 0 Å². The first kappa shape index (κ1) is 22.2. The van der Waals surface area contributed by atoms with Crippen LogP contribution in [0.5, 0.6) is 0 Å². The van der Waals surface area contributed by atoms with Crippen LogP contribution in [0.15, 0.2) is 58.1 Å². The summed E-state index contributed by atoms with van der Waals surface area (Å²) < 4.78 is 5.45. The third kappa shape index (κ3) is 6.47. The molecule has 4 rings (SSSR count). The second-order valence-corrected chi connectivity index (χ2v) is 7.83. The molecule has 158 valence electrons. The smallest absolute Gasteiger partial charge is 0.194 e. The van der Waals surface area contributed by atoms with E-state index in [9.17, 15) is 0 Å². The first-order chi connectivity index (χ1) is 13.9. The molecule has 1 unspecified atom stereocenters. The minimum absolute atomic E-state index is 0. The van der Waals surface area contributed by atoms with Gasteiger partial charge in [0.05, 0.1) is 6.26 Å². The average Bonchev–Trinajstić information content (AvgIpc) is 3.49. The number of furan rings is 1. The number of halogens is 1. The van der Waals surface area contributed by atoms with E-state index in [2.05, 4.69) is 45.4 Å². The van der Waals surface area contributed by atoms with Crippen molar-refractivity contribution in [3.05, 3.63) is 60.1 Å². The van der Waals surface area contributed by atoms with Crippen molar-refractivity contribution in [2.75, 3.05) is 39.3 Å². The maximum Gasteiger partial charge on any atom is 0.194 e. The summed E-state index contributed by atoms with van der Waals surface area (Å²) in [6.45, 7) is 6.40. The third-order valence-electron chi connectivity index (χ3n) is 5.86. The van der Waals surface area contributed by atoms with Gasteiger partial charge in [-0.1, -0.05) is 30.3 Å². The van der Waals surface area contributed by atoms with Gasteiger partial charge < -0.3 is 14.6 Å². The van der Waals surface area contributed by atoms with Crippen molar-refractivity contribution in [3.63, 3.8) is 0 Å². The lowest BCUT2D eigenvalue weighted by Gasteiger charge is -2.25. The molecule has 2 aliphatic rings. The summed E-state index contributed by atoms with van der Waals surface area (Å²) in [4.78, 5) is 10.1. The summed E-state index contributed by atoms with van der Waals surface area (Å²) in [5.41, 5.74) is 1.36. The molecule has 5 nitrogen and oxygen atoms in total. The zero-order valence-electron chi connectivity index (χ0n) is 17.1. The van der Waals surface area contributed by atoms with Crippen molar-refractivity contribution >= 4 is 29.9 Å². The Morgan fingerprint density at radius 1 is 1.03 bits per heavy atom. The molecule has 2 aromatic rings. The van der Waals surface area contributed by atoms with Crippen molar-refractivity contribution in [2.24, 2.45) is 4.99 Å². The molecule has 1 aromatic carbocycles. The van der Waals surface area contributed by atoms with Gasteiger partial charge in [0.2, 0.25) is 0 Å². The van der Waals surface area contributed by atoms with E-state index in [1.807, 2.05) is 12.1 Å². The third-order valence-corrected chi connectivity index (χ3v) is 5.86. The molecule has 0 radical (unpaired) electrons. The van der Waals surface area contributed by atoms with Gasteiger partial charge in [0.1, 0.15) is 5.76 Å². The number of aliphatic imine (C=N–C) groups is 1. The first-order valence-corrected chi connectivity index (χ1v) is 10.7. The quantitative estimate of drug-likeness (QED) is 0.351. The van der Waals surface area contributed by atoms with Crippen molar-refractivity contribution in [1.82, 2.24) is 15.1 Å². The molecule has 0 bridgehead atoms. The van der Waals surface area contributed by atoms with Gasteiger partial charge in [-0.2, -0.15) is 0 Å². The van der Waals surface area contributed by atoms with Crippen LogP contribution in [0, 0.1) is 0 Å². The minimum Gasteiger partial charge on any atom is -0.469 e. The Morgan fingerprint density at radius 3 is 2.62 bits per heavy atom. The molecular formula is C23H33IN4O. The van der Waals surface area contributed by atoms with Crippen LogP contribution in [0.3, 0.4) is 0 Å². The lowest BCUT2D eigenvalue weighted by atomic mass is 10.1. The van der Waals surface area contributed by atoms with E-state index in [1.54, 1.807) is 6.26 Å². The van der Waals surface area contributed by atoms with E-state index < -0.39 is 0 Å². The van der Waals surface area contributed by atoms with E-state index in [1.165, 1.54) is 37.9 Å². The molecule has 0 saturated carbocycles. The Bertz CT molecular complexity index is 729. The van der Waals surface area contributed by atoms with E-state index in [0.29, 0.717) is 6.04 Å². The number of benzene rings is 1. The fourth-order valence-corrected chi connectivity index (χ4v) is 4.30. The lowest BCUT2D eigenvalue weighted by Crippen LogP contribution is -2.43. The van der Waals surface area contributed by atoms with Gasteiger partial charge in [0.15, 0.2) is 5.96 Å². The van der Waals surface area contributed by atoms with Gasteiger partial charge in [-0.3, -0.25) is 9.89 Å². The Morgan fingerprint density at radius 2 is 1.86 bits per heavy atom. The van der Waals surface area contributed by atoms with Crippen LogP contribution >= 0.6 is 24.0 Å². The van der Waals surface area contributed by atoms with E-state index >= 15 is 0 Å². The summed E-state index contributed by atoms with van der Waals surface area (Å²) in [5.74, 6) is 2.06. The van der Waals surface area contributed by atoms with Crippen LogP contribution < -0.4 is 5.32 Å². The molecule has 0 amide bonds. The van der Waals surface area contributed by atoms with Gasteiger partial charge in [-0.05, 0) is 56.5 Å². The monoisotopic (exact) mass is 508 g/mol. The highest BCUT2D eigenvalue weighted by molar-refractivity contribution is 14.0. The molecule has 2 saturated heterocycles. The molecule has 1 N–H and O–H groups in total. The number of hydrogen-bond acceptors (Lipinski definition) is 3. The Kier molecular flexibility index (Phi) is 8.86. The standard InChI is InChI=1S/C23H32N4O.HI/c1-2-7-20(8-3-1)10-13-24-23(25-14-11-22-9-6-18-28-22)27-17-12-21(19-27)26-15-4-5-16-26;/h1-3,6-9,18,21H,4-5,10-17,19H2,(H,24,25);1H. The second kappa shape index (κ2) is 11.6. The van der Waals surface area contributed by atoms with Gasteiger partial charge in [-0.15, -0.1) is 24.0 Å². The molecule has 2 fully saturated rings. The molecule has 0 spiro atoms. The number of guanidine groups is 1. The predicted molar refractivity (Wildman–Crippen MR) is 129 cm³/mol. The lowest BCUT2D eigenvalue weighted by molar-refractivity contribution is 0.249. The summed E-state index contributed by atoms with van der Waals surface area (Å²) in [6, 6.07) is 15.3. The molecular weight excluding hydrogens is 475 g/mol. The predicted octanol–water partition coefficient (Wildman–Crippen LogP) is 3.80. The van der Waals surface area contributed by atoms with Crippen LogP contribution in [-0.2, 0) is 12.8 Å². The van der Waals surface area contributed by atoms with Crippen molar-refractivity contribution < 1.29 is 4.42 Å². The van der Waals surface area contributed by atoms with Crippen LogP contribution in [0.2, 0.25) is 0 Å².